The molecule has 3 N–H and O–H groups in total. The van der Waals surface area contributed by atoms with Gasteiger partial charge in [-0.25, -0.2) is 8.78 Å². The number of benzene rings is 2. The largest absolute Gasteiger partial charge is 0.573 e. The summed E-state index contributed by atoms with van der Waals surface area (Å²) in [5.41, 5.74) is -0.573. The minimum Gasteiger partial charge on any atom is -0.503 e. The lowest BCUT2D eigenvalue weighted by atomic mass is 9.96. The molecule has 0 radical (unpaired) electrons. The summed E-state index contributed by atoms with van der Waals surface area (Å²) < 4.78 is 71.1. The standard InChI is InChI=1S/C23H19F5N2O6/c1-10(21(34)29-8-7-16(31)32)17-11(2)30(15-9-14(24)20(33)19(25)18(15)17)22(35)12-3-5-13(6-4-12)36-23(26,27)28/h3-6,9-10,33H,7-8H2,1-2H3,(H,29,34)(H,31,32)/t10-/m0/s1. The number of phenolic OH excluding ortho intramolecular Hbond substituents is 1. The number of aromatic hydroxyl groups is 1. The first-order valence-electron chi connectivity index (χ1n) is 10.3. The molecule has 13 heteroatoms. The van der Waals surface area contributed by atoms with E-state index >= 15 is 4.39 Å². The molecule has 0 fully saturated rings. The number of halogens is 5. The molecule has 0 unspecified atom stereocenters. The Hall–Kier alpha value is -4.16. The summed E-state index contributed by atoms with van der Waals surface area (Å²) in [6, 6.07) is 4.49. The third kappa shape index (κ3) is 5.24. The van der Waals surface area contributed by atoms with Crippen molar-refractivity contribution in [1.29, 1.82) is 0 Å². The van der Waals surface area contributed by atoms with Crippen molar-refractivity contribution in [1.82, 2.24) is 9.88 Å². The quantitative estimate of drug-likeness (QED) is 0.407. The van der Waals surface area contributed by atoms with Gasteiger partial charge in [0, 0.05) is 29.3 Å². The van der Waals surface area contributed by atoms with Gasteiger partial charge in [-0.05, 0) is 43.7 Å². The first kappa shape index (κ1) is 26.4. The number of nitrogens with zero attached hydrogens (tertiary/aromatic N) is 1. The number of fused-ring (bicyclic) bond motifs is 1. The monoisotopic (exact) mass is 514 g/mol. The van der Waals surface area contributed by atoms with E-state index in [0.29, 0.717) is 6.07 Å². The lowest BCUT2D eigenvalue weighted by molar-refractivity contribution is -0.274. The van der Waals surface area contributed by atoms with E-state index in [9.17, 15) is 37.1 Å². The Morgan fingerprint density at radius 2 is 1.75 bits per heavy atom. The average molecular weight is 514 g/mol. The number of aromatic nitrogens is 1. The van der Waals surface area contributed by atoms with Crippen molar-refractivity contribution in [3.05, 3.63) is 58.8 Å². The van der Waals surface area contributed by atoms with Crippen LogP contribution in [0.2, 0.25) is 0 Å². The summed E-state index contributed by atoms with van der Waals surface area (Å²) >= 11 is 0. The zero-order valence-corrected chi connectivity index (χ0v) is 18.7. The van der Waals surface area contributed by atoms with Crippen LogP contribution in [0.4, 0.5) is 22.0 Å². The lowest BCUT2D eigenvalue weighted by Crippen LogP contribution is -2.30. The molecule has 0 aliphatic rings. The molecule has 0 saturated heterocycles. The Morgan fingerprint density at radius 1 is 1.14 bits per heavy atom. The van der Waals surface area contributed by atoms with E-state index < -0.39 is 58.6 Å². The van der Waals surface area contributed by atoms with Crippen LogP contribution >= 0.6 is 0 Å². The Labute approximate surface area is 199 Å². The number of rotatable bonds is 7. The number of hydrogen-bond donors (Lipinski definition) is 3. The zero-order chi connectivity index (χ0) is 26.9. The van der Waals surface area contributed by atoms with Gasteiger partial charge in [0.2, 0.25) is 5.91 Å². The van der Waals surface area contributed by atoms with Gasteiger partial charge >= 0.3 is 12.3 Å². The molecule has 2 aromatic carbocycles. The van der Waals surface area contributed by atoms with Crippen LogP contribution in [0.3, 0.4) is 0 Å². The molecule has 1 aromatic heterocycles. The number of carboxylic acids is 1. The minimum atomic E-state index is -4.95. The van der Waals surface area contributed by atoms with E-state index in [1.165, 1.54) is 13.8 Å². The van der Waals surface area contributed by atoms with Crippen LogP contribution < -0.4 is 10.1 Å². The lowest BCUT2D eigenvalue weighted by Gasteiger charge is -2.14. The van der Waals surface area contributed by atoms with Gasteiger partial charge in [0.25, 0.3) is 5.91 Å². The van der Waals surface area contributed by atoms with E-state index in [4.69, 9.17) is 5.11 Å². The van der Waals surface area contributed by atoms with Crippen LogP contribution in [-0.4, -0.2) is 45.5 Å². The number of hydrogen-bond acceptors (Lipinski definition) is 5. The first-order chi connectivity index (χ1) is 16.7. The molecular formula is C23H19F5N2O6. The van der Waals surface area contributed by atoms with Crippen LogP contribution in [0.1, 0.15) is 40.9 Å². The molecule has 36 heavy (non-hydrogen) atoms. The minimum absolute atomic E-state index is 0.00426. The Bertz CT molecular complexity index is 1350. The maximum Gasteiger partial charge on any atom is 0.573 e. The second kappa shape index (κ2) is 9.84. The number of carbonyl (C=O) groups excluding carboxylic acids is 2. The van der Waals surface area contributed by atoms with Crippen molar-refractivity contribution in [3.63, 3.8) is 0 Å². The van der Waals surface area contributed by atoms with Crippen LogP contribution in [0.25, 0.3) is 10.9 Å². The molecule has 1 amide bonds. The van der Waals surface area contributed by atoms with Gasteiger partial charge in [-0.3, -0.25) is 19.0 Å². The van der Waals surface area contributed by atoms with Crippen molar-refractivity contribution in [2.75, 3.05) is 6.54 Å². The molecule has 0 aliphatic heterocycles. The molecule has 192 valence electrons. The van der Waals surface area contributed by atoms with Crippen LogP contribution in [0.5, 0.6) is 11.5 Å². The maximum absolute atomic E-state index is 15.0. The van der Waals surface area contributed by atoms with Crippen molar-refractivity contribution < 1.29 is 51.3 Å². The average Bonchev–Trinajstić information content (AvgIpc) is 3.07. The molecule has 1 atom stereocenters. The van der Waals surface area contributed by atoms with Gasteiger partial charge < -0.3 is 20.3 Å². The summed E-state index contributed by atoms with van der Waals surface area (Å²) in [4.78, 5) is 36.6. The van der Waals surface area contributed by atoms with Crippen molar-refractivity contribution in [3.8, 4) is 11.5 Å². The van der Waals surface area contributed by atoms with Gasteiger partial charge in [0.1, 0.15) is 5.75 Å². The molecule has 0 aliphatic carbocycles. The number of alkyl halides is 3. The van der Waals surface area contributed by atoms with Crippen LogP contribution in [0.15, 0.2) is 30.3 Å². The van der Waals surface area contributed by atoms with Gasteiger partial charge in [0.15, 0.2) is 17.4 Å². The number of nitrogens with one attached hydrogen (secondary N) is 1. The highest BCUT2D eigenvalue weighted by Crippen LogP contribution is 2.38. The molecule has 0 bridgehead atoms. The normalized spacial score (nSPS) is 12.4. The molecular weight excluding hydrogens is 495 g/mol. The van der Waals surface area contributed by atoms with Gasteiger partial charge in [0.05, 0.1) is 17.9 Å². The van der Waals surface area contributed by atoms with Gasteiger partial charge in [-0.1, -0.05) is 0 Å². The summed E-state index contributed by atoms with van der Waals surface area (Å²) in [5.74, 6) is -8.67. The van der Waals surface area contributed by atoms with Crippen LogP contribution in [-0.2, 0) is 9.59 Å². The number of phenols is 1. The molecule has 1 heterocycles. The summed E-state index contributed by atoms with van der Waals surface area (Å²) in [6.07, 6.45) is -5.34. The van der Waals surface area contributed by atoms with Crippen molar-refractivity contribution >= 4 is 28.7 Å². The van der Waals surface area contributed by atoms with Crippen molar-refractivity contribution in [2.24, 2.45) is 0 Å². The van der Waals surface area contributed by atoms with Crippen LogP contribution in [0, 0.1) is 18.6 Å². The Balaban J connectivity index is 2.11. The molecule has 3 rings (SSSR count). The fourth-order valence-electron chi connectivity index (χ4n) is 3.81. The van der Waals surface area contributed by atoms with E-state index in [1.54, 1.807) is 0 Å². The Morgan fingerprint density at radius 3 is 2.31 bits per heavy atom. The number of carboxylic acid groups (broad SMARTS) is 1. The highest BCUT2D eigenvalue weighted by Gasteiger charge is 2.32. The van der Waals surface area contributed by atoms with E-state index in [2.05, 4.69) is 10.1 Å². The summed E-state index contributed by atoms with van der Waals surface area (Å²) in [7, 11) is 0. The smallest absolute Gasteiger partial charge is 0.503 e. The second-order valence-electron chi connectivity index (χ2n) is 7.78. The fourth-order valence-corrected chi connectivity index (χ4v) is 3.81. The number of amides is 1. The maximum atomic E-state index is 15.0. The summed E-state index contributed by atoms with van der Waals surface area (Å²) in [5, 5.41) is 20.5. The highest BCUT2D eigenvalue weighted by molar-refractivity contribution is 6.06. The predicted molar refractivity (Wildman–Crippen MR) is 115 cm³/mol. The summed E-state index contributed by atoms with van der Waals surface area (Å²) in [6.45, 7) is 2.45. The SMILES string of the molecule is Cc1c([C@H](C)C(=O)NCCC(=O)O)c2c(F)c(O)c(F)cc2n1C(=O)c1ccc(OC(F)(F)F)cc1. The van der Waals surface area contributed by atoms with Gasteiger partial charge in [-0.2, -0.15) is 0 Å². The Kier molecular flexibility index (Phi) is 7.22. The molecule has 0 spiro atoms. The third-order valence-corrected chi connectivity index (χ3v) is 5.41. The van der Waals surface area contributed by atoms with E-state index in [1.807, 2.05) is 0 Å². The molecule has 0 saturated carbocycles. The highest BCUT2D eigenvalue weighted by atomic mass is 19.4. The first-order valence-corrected chi connectivity index (χ1v) is 10.3. The second-order valence-corrected chi connectivity index (χ2v) is 7.78. The zero-order valence-electron chi connectivity index (χ0n) is 18.7. The number of aliphatic carboxylic acids is 1. The van der Waals surface area contributed by atoms with Crippen molar-refractivity contribution in [2.45, 2.75) is 32.5 Å². The molecule has 3 aromatic rings. The fraction of sp³-hybridized carbons (Fsp3) is 0.261. The van der Waals surface area contributed by atoms with E-state index in [0.717, 1.165) is 28.8 Å². The molecule has 8 nitrogen and oxygen atoms in total. The third-order valence-electron chi connectivity index (χ3n) is 5.41. The number of carbonyl (C=O) groups is 3. The number of ether oxygens (including phenoxy) is 1. The predicted octanol–water partition coefficient (Wildman–Crippen LogP) is 4.22. The van der Waals surface area contributed by atoms with Gasteiger partial charge in [-0.15, -0.1) is 13.2 Å². The van der Waals surface area contributed by atoms with E-state index in [-0.39, 0.29) is 35.3 Å². The topological polar surface area (TPSA) is 118 Å².